The van der Waals surface area contributed by atoms with Crippen LogP contribution in [0.15, 0.2) is 0 Å². The third-order valence-corrected chi connectivity index (χ3v) is 7.53. The molecule has 2 unspecified atom stereocenters. The van der Waals surface area contributed by atoms with E-state index in [1.807, 2.05) is 21.1 Å². The van der Waals surface area contributed by atoms with Crippen LogP contribution in [0.4, 0.5) is 0 Å². The highest BCUT2D eigenvalue weighted by molar-refractivity contribution is 7.47. The molecule has 9 heteroatoms. The molecule has 4 atom stereocenters. The molecule has 1 saturated heterocycles. The Morgan fingerprint density at radius 1 is 0.833 bits per heavy atom. The van der Waals surface area contributed by atoms with Crippen LogP contribution in [0.25, 0.3) is 0 Å². The highest BCUT2D eigenvalue weighted by Gasteiger charge is 2.35. The van der Waals surface area contributed by atoms with Crippen molar-refractivity contribution in [2.24, 2.45) is 0 Å². The molecule has 1 aliphatic rings. The van der Waals surface area contributed by atoms with E-state index in [2.05, 4.69) is 6.92 Å². The van der Waals surface area contributed by atoms with Crippen molar-refractivity contribution in [2.75, 3.05) is 48.0 Å². The maximum Gasteiger partial charge on any atom is 0.477 e. The van der Waals surface area contributed by atoms with Gasteiger partial charge in [-0.1, -0.05) is 103 Å². The van der Waals surface area contributed by atoms with Crippen LogP contribution < -0.4 is 0 Å². The third-order valence-electron chi connectivity index (χ3n) is 6.53. The van der Waals surface area contributed by atoms with Gasteiger partial charge >= 0.3 is 7.82 Å². The quantitative estimate of drug-likeness (QED) is 0.0663. The largest absolute Gasteiger partial charge is 0.477 e. The Labute approximate surface area is 221 Å². The number of rotatable bonds is 23. The number of unbranched alkanes of at least 4 members (excludes halogenated alkanes) is 14. The van der Waals surface area contributed by atoms with E-state index in [1.165, 1.54) is 97.0 Å². The zero-order chi connectivity index (χ0) is 26.7. The van der Waals surface area contributed by atoms with Crippen LogP contribution >= 0.6 is 7.82 Å². The van der Waals surface area contributed by atoms with Gasteiger partial charge in [-0.15, -0.1) is 0 Å². The molecule has 0 aromatic carbocycles. The molecular weight excluding hydrogens is 481 g/mol. The molecule has 0 radical (unpaired) electrons. The molecule has 0 amide bonds. The van der Waals surface area contributed by atoms with Crippen LogP contribution in [-0.2, 0) is 27.8 Å². The fourth-order valence-corrected chi connectivity index (χ4v) is 5.33. The molecule has 0 saturated carbocycles. The third kappa shape index (κ3) is 19.1. The molecule has 0 spiro atoms. The molecule has 1 aliphatic heterocycles. The zero-order valence-electron chi connectivity index (χ0n) is 24.0. The maximum atomic E-state index is 12.3. The smallest absolute Gasteiger partial charge is 0.371 e. The van der Waals surface area contributed by atoms with Crippen molar-refractivity contribution in [1.82, 2.24) is 0 Å². The molecule has 216 valence electrons. The number of ether oxygens (including phenoxy) is 3. The van der Waals surface area contributed by atoms with E-state index < -0.39 is 20.4 Å². The lowest BCUT2D eigenvalue weighted by Gasteiger charge is -2.32. The molecule has 8 nitrogen and oxygen atoms in total. The second kappa shape index (κ2) is 19.9. The predicted molar refractivity (Wildman–Crippen MR) is 145 cm³/mol. The number of hydrogen-bond acceptors (Lipinski definition) is 6. The van der Waals surface area contributed by atoms with Crippen molar-refractivity contribution >= 4 is 7.82 Å². The van der Waals surface area contributed by atoms with E-state index in [9.17, 15) is 9.46 Å². The maximum absolute atomic E-state index is 12.3. The zero-order valence-corrected chi connectivity index (χ0v) is 24.9. The topological polar surface area (TPSA) is 83.5 Å². The Balaban J connectivity index is 1.99. The van der Waals surface area contributed by atoms with Gasteiger partial charge in [-0.25, -0.2) is 4.57 Å². The summed E-state index contributed by atoms with van der Waals surface area (Å²) in [6, 6.07) is 0. The second-order valence-corrected chi connectivity index (χ2v) is 12.6. The molecule has 1 heterocycles. The van der Waals surface area contributed by atoms with Crippen LogP contribution in [-0.4, -0.2) is 76.1 Å². The Morgan fingerprint density at radius 2 is 1.33 bits per heavy atom. The molecule has 1 rings (SSSR count). The fraction of sp³-hybridized carbons (Fsp3) is 1.00. The minimum Gasteiger partial charge on any atom is -0.371 e. The number of quaternary nitrogens is 1. The lowest BCUT2D eigenvalue weighted by molar-refractivity contribution is -0.876. The summed E-state index contributed by atoms with van der Waals surface area (Å²) in [6.45, 7) is 3.14. The fourth-order valence-electron chi connectivity index (χ4n) is 4.42. The minimum absolute atomic E-state index is 0.00994. The van der Waals surface area contributed by atoms with Crippen LogP contribution in [0.1, 0.15) is 110 Å². The summed E-state index contributed by atoms with van der Waals surface area (Å²) in [5, 5.41) is 0. The van der Waals surface area contributed by atoms with Gasteiger partial charge in [-0.2, -0.15) is 0 Å². The van der Waals surface area contributed by atoms with Gasteiger partial charge in [0.05, 0.1) is 40.5 Å². The van der Waals surface area contributed by atoms with E-state index >= 15 is 0 Å². The van der Waals surface area contributed by atoms with E-state index in [1.54, 1.807) is 0 Å². The van der Waals surface area contributed by atoms with Crippen LogP contribution in [0.5, 0.6) is 0 Å². The van der Waals surface area contributed by atoms with Crippen molar-refractivity contribution in [3.8, 4) is 0 Å². The number of methoxy groups -OCH3 is 1. The highest BCUT2D eigenvalue weighted by Crippen LogP contribution is 2.46. The van der Waals surface area contributed by atoms with E-state index in [4.69, 9.17) is 23.3 Å². The summed E-state index contributed by atoms with van der Waals surface area (Å²) >= 11 is 0. The van der Waals surface area contributed by atoms with Crippen molar-refractivity contribution in [2.45, 2.75) is 128 Å². The summed E-state index contributed by atoms with van der Waals surface area (Å²) in [4.78, 5) is 10.1. The molecule has 1 N–H and O–H groups in total. The van der Waals surface area contributed by atoms with Gasteiger partial charge in [0.15, 0.2) is 6.29 Å². The molecule has 0 aromatic rings. The number of phosphoric acid groups is 1. The molecule has 0 aliphatic carbocycles. The van der Waals surface area contributed by atoms with E-state index in [-0.39, 0.29) is 12.7 Å². The first-order valence-corrected chi connectivity index (χ1v) is 15.9. The first-order valence-electron chi connectivity index (χ1n) is 14.4. The molecular formula is C27H57NO7P+. The van der Waals surface area contributed by atoms with Gasteiger partial charge in [0.25, 0.3) is 0 Å². The van der Waals surface area contributed by atoms with Gasteiger partial charge in [-0.3, -0.25) is 9.05 Å². The Hall–Kier alpha value is -0.0500. The van der Waals surface area contributed by atoms with Crippen molar-refractivity contribution in [3.05, 3.63) is 0 Å². The lowest BCUT2D eigenvalue weighted by atomic mass is 10.0. The first kappa shape index (κ1) is 34.0. The van der Waals surface area contributed by atoms with Gasteiger partial charge in [0, 0.05) is 7.11 Å². The SMILES string of the molecule is CCCCCCCCCCCCCCCCC[C@H]1CO[C@@H](OP(=O)(O)OC(C[N+](C)(C)C)OC)CO1. The van der Waals surface area contributed by atoms with Gasteiger partial charge in [0.2, 0.25) is 6.29 Å². The lowest BCUT2D eigenvalue weighted by Crippen LogP contribution is -2.43. The molecule has 36 heavy (non-hydrogen) atoms. The Morgan fingerprint density at radius 3 is 1.75 bits per heavy atom. The Bertz CT molecular complexity index is 565. The normalized spacial score (nSPS) is 21.4. The molecule has 0 aromatic heterocycles. The summed E-state index contributed by atoms with van der Waals surface area (Å²) < 4.78 is 39.8. The molecule has 1 fully saturated rings. The summed E-state index contributed by atoms with van der Waals surface area (Å²) in [6.07, 6.45) is 19.4. The van der Waals surface area contributed by atoms with Crippen LogP contribution in [0.2, 0.25) is 0 Å². The monoisotopic (exact) mass is 538 g/mol. The van der Waals surface area contributed by atoms with Gasteiger partial charge in [0.1, 0.15) is 6.54 Å². The molecule has 0 bridgehead atoms. The van der Waals surface area contributed by atoms with Crippen molar-refractivity contribution in [1.29, 1.82) is 0 Å². The number of nitrogens with zero attached hydrogens (tertiary/aromatic N) is 1. The van der Waals surface area contributed by atoms with Crippen LogP contribution in [0.3, 0.4) is 0 Å². The summed E-state index contributed by atoms with van der Waals surface area (Å²) in [5.74, 6) is 0. The van der Waals surface area contributed by atoms with Crippen molar-refractivity contribution < 1.29 is 37.2 Å². The summed E-state index contributed by atoms with van der Waals surface area (Å²) in [7, 11) is 2.92. The Kier molecular flexibility index (Phi) is 18.8. The minimum atomic E-state index is -4.33. The van der Waals surface area contributed by atoms with Gasteiger partial charge in [-0.05, 0) is 6.42 Å². The number of likely N-dealkylation sites (N-methyl/N-ethyl adjacent to an activating group) is 1. The predicted octanol–water partition coefficient (Wildman–Crippen LogP) is 6.80. The first-order chi connectivity index (χ1) is 17.1. The number of phosphoric ester groups is 1. The number of hydrogen-bond donors (Lipinski definition) is 1. The van der Waals surface area contributed by atoms with E-state index in [0.29, 0.717) is 17.6 Å². The summed E-state index contributed by atoms with van der Waals surface area (Å²) in [5.41, 5.74) is 0. The van der Waals surface area contributed by atoms with Gasteiger partial charge < -0.3 is 23.6 Å². The van der Waals surface area contributed by atoms with Crippen molar-refractivity contribution in [3.63, 3.8) is 0 Å². The average molecular weight is 539 g/mol. The average Bonchev–Trinajstić information content (AvgIpc) is 2.81. The second-order valence-electron chi connectivity index (χ2n) is 11.3. The van der Waals surface area contributed by atoms with Crippen LogP contribution in [0, 0.1) is 0 Å². The highest BCUT2D eigenvalue weighted by atomic mass is 31.2. The van der Waals surface area contributed by atoms with E-state index in [0.717, 1.165) is 12.8 Å². The standard InChI is InChI=1S/C27H56NO7P/c1-6-7-8-9-10-11-12-13-14-15-16-17-18-19-20-21-25-23-33-27(24-32-25)35-36(29,30)34-26(31-5)22-28(2,3)4/h25-27H,6-24H2,1-5H3/p+1/t25-,26?,27-/m0/s1.